The zero-order valence-corrected chi connectivity index (χ0v) is 17.0. The van der Waals surface area contributed by atoms with Crippen LogP contribution in [0.5, 0.6) is 5.75 Å². The Morgan fingerprint density at radius 2 is 1.83 bits per heavy atom. The van der Waals surface area contributed by atoms with Gasteiger partial charge in [0.15, 0.2) is 0 Å². The topological polar surface area (TPSA) is 54.7 Å². The van der Waals surface area contributed by atoms with Gasteiger partial charge in [-0.15, -0.1) is 0 Å². The van der Waals surface area contributed by atoms with E-state index in [2.05, 4.69) is 5.32 Å². The number of fused-ring (bicyclic) bond motifs is 3. The smallest absolute Gasteiger partial charge is 0.238 e. The number of hydrogen-bond donors (Lipinski definition) is 1. The Morgan fingerprint density at radius 3 is 2.59 bits per heavy atom. The Bertz CT molecular complexity index is 1170. The molecule has 0 saturated heterocycles. The van der Waals surface area contributed by atoms with Crippen molar-refractivity contribution in [3.8, 4) is 5.75 Å². The average Bonchev–Trinajstić information content (AvgIpc) is 3.06. The Labute approximate surface area is 173 Å². The van der Waals surface area contributed by atoms with Crippen LogP contribution in [0.1, 0.15) is 5.56 Å². The Kier molecular flexibility index (Phi) is 5.43. The first kappa shape index (κ1) is 19.3. The maximum Gasteiger partial charge on any atom is 0.238 e. The summed E-state index contributed by atoms with van der Waals surface area (Å²) < 4.78 is 11.4. The van der Waals surface area contributed by atoms with E-state index in [0.717, 1.165) is 21.9 Å². The lowest BCUT2D eigenvalue weighted by atomic mass is 10.1. The molecule has 1 heterocycles. The standard InChI is InChI=1S/C23H21ClN2O3/c1-26(13-15-7-9-16(24)10-8-15)14-23(27)25-19-12-21-18(11-22(19)28-2)17-5-3-4-6-20(17)29-21/h3-12H,13-14H2,1-2H3,(H,25,27). The molecule has 4 aromatic rings. The van der Waals surface area contributed by atoms with Gasteiger partial charge >= 0.3 is 0 Å². The minimum Gasteiger partial charge on any atom is -0.495 e. The number of likely N-dealkylation sites (N-methyl/N-ethyl adjacent to an activating group) is 1. The first-order valence-electron chi connectivity index (χ1n) is 9.25. The highest BCUT2D eigenvalue weighted by Crippen LogP contribution is 2.36. The number of carbonyl (C=O) groups is 1. The van der Waals surface area contributed by atoms with Crippen molar-refractivity contribution in [2.45, 2.75) is 6.54 Å². The number of ether oxygens (including phenoxy) is 1. The molecule has 29 heavy (non-hydrogen) atoms. The van der Waals surface area contributed by atoms with Gasteiger partial charge < -0.3 is 14.5 Å². The molecular weight excluding hydrogens is 388 g/mol. The molecule has 3 aromatic carbocycles. The van der Waals surface area contributed by atoms with Crippen LogP contribution >= 0.6 is 11.6 Å². The van der Waals surface area contributed by atoms with Gasteiger partial charge in [-0.25, -0.2) is 0 Å². The number of methoxy groups -OCH3 is 1. The monoisotopic (exact) mass is 408 g/mol. The van der Waals surface area contributed by atoms with Gasteiger partial charge in [-0.2, -0.15) is 0 Å². The zero-order chi connectivity index (χ0) is 20.4. The van der Waals surface area contributed by atoms with Gasteiger partial charge in [0.1, 0.15) is 16.9 Å². The van der Waals surface area contributed by atoms with E-state index in [1.807, 2.05) is 72.6 Å². The van der Waals surface area contributed by atoms with Crippen molar-refractivity contribution in [1.82, 2.24) is 4.90 Å². The number of furan rings is 1. The van der Waals surface area contributed by atoms with Gasteiger partial charge in [0.2, 0.25) is 5.91 Å². The normalized spacial score (nSPS) is 11.3. The molecule has 0 saturated carbocycles. The van der Waals surface area contributed by atoms with Crippen LogP contribution in [0.15, 0.2) is 65.1 Å². The predicted octanol–water partition coefficient (Wildman–Crippen LogP) is 5.32. The molecule has 0 aliphatic carbocycles. The van der Waals surface area contributed by atoms with Gasteiger partial charge in [-0.05, 0) is 36.9 Å². The first-order valence-corrected chi connectivity index (χ1v) is 9.63. The molecule has 4 rings (SSSR count). The fraction of sp³-hybridized carbons (Fsp3) is 0.174. The molecular formula is C23H21ClN2O3. The molecule has 0 bridgehead atoms. The fourth-order valence-corrected chi connectivity index (χ4v) is 3.54. The highest BCUT2D eigenvalue weighted by atomic mass is 35.5. The number of halogens is 1. The molecule has 0 spiro atoms. The van der Waals surface area contributed by atoms with E-state index in [9.17, 15) is 4.79 Å². The van der Waals surface area contributed by atoms with Crippen LogP contribution in [-0.2, 0) is 11.3 Å². The summed E-state index contributed by atoms with van der Waals surface area (Å²) in [6.07, 6.45) is 0. The number of anilines is 1. The minimum atomic E-state index is -0.129. The van der Waals surface area contributed by atoms with Crippen LogP contribution in [0.4, 0.5) is 5.69 Å². The molecule has 0 unspecified atom stereocenters. The maximum atomic E-state index is 12.6. The average molecular weight is 409 g/mol. The van der Waals surface area contributed by atoms with Crippen LogP contribution in [-0.4, -0.2) is 31.5 Å². The molecule has 0 aliphatic rings. The second-order valence-electron chi connectivity index (χ2n) is 6.99. The first-order chi connectivity index (χ1) is 14.0. The Hall–Kier alpha value is -3.02. The molecule has 0 fully saturated rings. The molecule has 0 radical (unpaired) electrons. The molecule has 148 valence electrons. The number of nitrogens with one attached hydrogen (secondary N) is 1. The van der Waals surface area contributed by atoms with Gasteiger partial charge in [0.25, 0.3) is 0 Å². The van der Waals surface area contributed by atoms with Crippen molar-refractivity contribution in [3.63, 3.8) is 0 Å². The second-order valence-corrected chi connectivity index (χ2v) is 7.43. The summed E-state index contributed by atoms with van der Waals surface area (Å²) in [4.78, 5) is 14.5. The zero-order valence-electron chi connectivity index (χ0n) is 16.2. The third kappa shape index (κ3) is 4.21. The minimum absolute atomic E-state index is 0.129. The Balaban J connectivity index is 1.50. The lowest BCUT2D eigenvalue weighted by Crippen LogP contribution is -2.29. The molecule has 1 amide bonds. The SMILES string of the molecule is COc1cc2c(cc1NC(=O)CN(C)Cc1ccc(Cl)cc1)oc1ccccc12. The largest absolute Gasteiger partial charge is 0.495 e. The van der Waals surface area contributed by atoms with Gasteiger partial charge in [-0.1, -0.05) is 41.9 Å². The summed E-state index contributed by atoms with van der Waals surface area (Å²) in [5.41, 5.74) is 3.18. The predicted molar refractivity (Wildman–Crippen MR) is 117 cm³/mol. The van der Waals surface area contributed by atoms with Crippen LogP contribution in [0.3, 0.4) is 0 Å². The summed E-state index contributed by atoms with van der Waals surface area (Å²) in [5, 5.41) is 5.60. The second kappa shape index (κ2) is 8.15. The van der Waals surface area contributed by atoms with Crippen molar-refractivity contribution in [3.05, 3.63) is 71.2 Å². The quantitative estimate of drug-likeness (QED) is 0.469. The third-order valence-corrected chi connectivity index (χ3v) is 5.00. The van der Waals surface area contributed by atoms with E-state index in [4.69, 9.17) is 20.8 Å². The highest BCUT2D eigenvalue weighted by molar-refractivity contribution is 6.30. The molecule has 1 aromatic heterocycles. The van der Waals surface area contributed by atoms with Gasteiger partial charge in [0, 0.05) is 28.4 Å². The lowest BCUT2D eigenvalue weighted by Gasteiger charge is -2.17. The number of carbonyl (C=O) groups excluding carboxylic acids is 1. The number of hydrogen-bond acceptors (Lipinski definition) is 4. The molecule has 1 N–H and O–H groups in total. The van der Waals surface area contributed by atoms with Crippen LogP contribution in [0.25, 0.3) is 21.9 Å². The van der Waals surface area contributed by atoms with Crippen LogP contribution in [0, 0.1) is 0 Å². The maximum absolute atomic E-state index is 12.6. The number of amides is 1. The number of nitrogens with zero attached hydrogens (tertiary/aromatic N) is 1. The van der Waals surface area contributed by atoms with E-state index in [0.29, 0.717) is 28.6 Å². The summed E-state index contributed by atoms with van der Waals surface area (Å²) in [6, 6.07) is 19.1. The van der Waals surface area contributed by atoms with Crippen molar-refractivity contribution in [2.75, 3.05) is 26.0 Å². The number of rotatable bonds is 6. The summed E-state index contributed by atoms with van der Waals surface area (Å²) in [5.74, 6) is 0.466. The van der Waals surface area contributed by atoms with E-state index >= 15 is 0 Å². The van der Waals surface area contributed by atoms with Crippen molar-refractivity contribution in [1.29, 1.82) is 0 Å². The molecule has 0 aliphatic heterocycles. The van der Waals surface area contributed by atoms with E-state index < -0.39 is 0 Å². The van der Waals surface area contributed by atoms with Crippen LogP contribution < -0.4 is 10.1 Å². The van der Waals surface area contributed by atoms with E-state index in [-0.39, 0.29) is 12.5 Å². The van der Waals surface area contributed by atoms with E-state index in [1.165, 1.54) is 0 Å². The fourth-order valence-electron chi connectivity index (χ4n) is 3.41. The summed E-state index contributed by atoms with van der Waals surface area (Å²) >= 11 is 5.92. The summed E-state index contributed by atoms with van der Waals surface area (Å²) in [6.45, 7) is 0.883. The molecule has 5 nitrogen and oxygen atoms in total. The number of para-hydroxylation sites is 1. The number of benzene rings is 3. The van der Waals surface area contributed by atoms with Crippen molar-refractivity contribution in [2.24, 2.45) is 0 Å². The molecule has 0 atom stereocenters. The third-order valence-electron chi connectivity index (χ3n) is 4.75. The lowest BCUT2D eigenvalue weighted by molar-refractivity contribution is -0.117. The van der Waals surface area contributed by atoms with E-state index in [1.54, 1.807) is 7.11 Å². The Morgan fingerprint density at radius 1 is 1.07 bits per heavy atom. The van der Waals surface area contributed by atoms with Gasteiger partial charge in [0.05, 0.1) is 19.3 Å². The summed E-state index contributed by atoms with van der Waals surface area (Å²) in [7, 11) is 3.49. The van der Waals surface area contributed by atoms with Gasteiger partial charge in [-0.3, -0.25) is 9.69 Å². The van der Waals surface area contributed by atoms with Crippen molar-refractivity contribution >= 4 is 45.1 Å². The van der Waals surface area contributed by atoms with Crippen molar-refractivity contribution < 1.29 is 13.9 Å². The highest BCUT2D eigenvalue weighted by Gasteiger charge is 2.15. The van der Waals surface area contributed by atoms with Crippen LogP contribution in [0.2, 0.25) is 5.02 Å². The molecule has 6 heteroatoms.